The van der Waals surface area contributed by atoms with E-state index in [-0.39, 0.29) is 54.6 Å². The van der Waals surface area contributed by atoms with E-state index in [1.807, 2.05) is 0 Å². The Kier molecular flexibility index (Phi) is 13.7. The van der Waals surface area contributed by atoms with Crippen molar-refractivity contribution >= 4 is 17.9 Å². The number of hydrogen-bond acceptors (Lipinski definition) is 3. The Labute approximate surface area is 407 Å². The van der Waals surface area contributed by atoms with Crippen molar-refractivity contribution in [2.45, 2.75) is 37.1 Å². The van der Waals surface area contributed by atoms with Crippen LogP contribution in [-0.2, 0) is 37.1 Å². The number of carboxylic acid groups (broad SMARTS) is 3. The summed E-state index contributed by atoms with van der Waals surface area (Å²) in [6.45, 7) is 0. The van der Waals surface area contributed by atoms with Gasteiger partial charge in [-0.25, -0.2) is 14.4 Å². The van der Waals surface area contributed by atoms with Gasteiger partial charge in [0.2, 0.25) is 0 Å². The first-order valence-corrected chi connectivity index (χ1v) is 20.6. The van der Waals surface area contributed by atoms with E-state index >= 15 is 79.0 Å². The van der Waals surface area contributed by atoms with Crippen LogP contribution in [-0.4, -0.2) is 33.2 Å². The first-order chi connectivity index (χ1) is 34.4. The maximum Gasteiger partial charge on any atom is 0.417 e. The second kappa shape index (κ2) is 18.9. The van der Waals surface area contributed by atoms with Crippen LogP contribution >= 0.6 is 0 Å². The van der Waals surface area contributed by atoms with E-state index < -0.39 is 172 Å². The predicted octanol–water partition coefficient (Wildman–Crippen LogP) is 16.9. The standard InChI is InChI=1S/C51H24F18O6/c52-46(53,54)37-19-34(40(49(61,62)63)16-31(37)22-1-7-25(8-2-22)43(70)71)28-13-29(35-20-38(47(55,56)57)32(17-41(35)50(64,65)66)23-3-9-26(10-4-23)44(72)73)15-30(14-28)36-21-39(48(58,59)60)33(18-42(36)51(67,68)69)24-5-11-27(12-6-24)45(74)75/h1-21H,(H,70,71)(H,72,73)(H,74,75). The number of rotatable bonds is 9. The Morgan fingerprint density at radius 1 is 0.240 bits per heavy atom. The molecule has 7 rings (SSSR count). The van der Waals surface area contributed by atoms with Crippen molar-refractivity contribution < 1.29 is 109 Å². The average molecular weight is 1070 g/mol. The fourth-order valence-corrected chi connectivity index (χ4v) is 8.11. The minimum atomic E-state index is -5.85. The van der Waals surface area contributed by atoms with Crippen molar-refractivity contribution in [3.05, 3.63) is 177 Å². The molecule has 0 bridgehead atoms. The number of aromatic carboxylic acids is 3. The van der Waals surface area contributed by atoms with Gasteiger partial charge in [0.25, 0.3) is 0 Å². The molecule has 0 atom stereocenters. The summed E-state index contributed by atoms with van der Waals surface area (Å²) in [4.78, 5) is 34.3. The third kappa shape index (κ3) is 11.3. The molecule has 0 aliphatic heterocycles. The van der Waals surface area contributed by atoms with Crippen LogP contribution in [0.5, 0.6) is 0 Å². The van der Waals surface area contributed by atoms with E-state index in [0.717, 1.165) is 0 Å². The van der Waals surface area contributed by atoms with Crippen LogP contribution in [0.4, 0.5) is 79.0 Å². The van der Waals surface area contributed by atoms with Crippen molar-refractivity contribution in [3.8, 4) is 66.8 Å². The zero-order valence-electron chi connectivity index (χ0n) is 36.5. The maximum atomic E-state index is 15.3. The van der Waals surface area contributed by atoms with Crippen molar-refractivity contribution in [1.82, 2.24) is 0 Å². The summed E-state index contributed by atoms with van der Waals surface area (Å²) < 4.78 is 273. The Hall–Kier alpha value is -8.31. The number of alkyl halides is 18. The molecule has 0 fully saturated rings. The largest absolute Gasteiger partial charge is 0.478 e. The Bertz CT molecular complexity index is 3030. The normalized spacial score (nSPS) is 12.7. The smallest absolute Gasteiger partial charge is 0.417 e. The van der Waals surface area contributed by atoms with Crippen LogP contribution in [0.15, 0.2) is 127 Å². The fourth-order valence-electron chi connectivity index (χ4n) is 8.11. The molecule has 24 heteroatoms. The summed E-state index contributed by atoms with van der Waals surface area (Å²) in [5.41, 5.74) is -29.8. The van der Waals surface area contributed by atoms with Gasteiger partial charge in [-0.15, -0.1) is 0 Å². The van der Waals surface area contributed by atoms with Gasteiger partial charge in [-0.2, -0.15) is 79.0 Å². The van der Waals surface area contributed by atoms with Crippen molar-refractivity contribution in [2.24, 2.45) is 0 Å². The average Bonchev–Trinajstić information content (AvgIpc) is 3.31. The molecule has 6 nitrogen and oxygen atoms in total. The van der Waals surface area contributed by atoms with Crippen LogP contribution in [0.25, 0.3) is 66.8 Å². The molecule has 390 valence electrons. The monoisotopic (exact) mass is 1070 g/mol. The van der Waals surface area contributed by atoms with Crippen molar-refractivity contribution in [3.63, 3.8) is 0 Å². The topological polar surface area (TPSA) is 112 Å². The number of halogens is 18. The highest BCUT2D eigenvalue weighted by molar-refractivity contribution is 5.92. The minimum absolute atomic E-state index is 0.137. The van der Waals surface area contributed by atoms with Crippen LogP contribution in [0.3, 0.4) is 0 Å². The summed E-state index contributed by atoms with van der Waals surface area (Å²) in [6, 6.07) is 7.26. The molecule has 0 aliphatic rings. The number of hydrogen-bond donors (Lipinski definition) is 3. The van der Waals surface area contributed by atoms with Gasteiger partial charge in [0.05, 0.1) is 50.1 Å². The molecule has 7 aromatic carbocycles. The highest BCUT2D eigenvalue weighted by Crippen LogP contribution is 2.52. The molecule has 0 amide bonds. The summed E-state index contributed by atoms with van der Waals surface area (Å²) >= 11 is 0. The van der Waals surface area contributed by atoms with Gasteiger partial charge in [0, 0.05) is 0 Å². The lowest BCUT2D eigenvalue weighted by atomic mass is 9.84. The van der Waals surface area contributed by atoms with Gasteiger partial charge < -0.3 is 15.3 Å². The fraction of sp³-hybridized carbons (Fsp3) is 0.118. The first-order valence-electron chi connectivity index (χ1n) is 20.6. The number of carbonyl (C=O) groups is 3. The van der Waals surface area contributed by atoms with Gasteiger partial charge in [-0.05, 0) is 158 Å². The highest BCUT2D eigenvalue weighted by atomic mass is 19.4. The Morgan fingerprint density at radius 2 is 0.387 bits per heavy atom. The molecule has 7 aromatic rings. The summed E-state index contributed by atoms with van der Waals surface area (Å²) in [5, 5.41) is 27.8. The molecule has 75 heavy (non-hydrogen) atoms. The predicted molar refractivity (Wildman–Crippen MR) is 230 cm³/mol. The molecule has 0 saturated heterocycles. The molecule has 0 aromatic heterocycles. The minimum Gasteiger partial charge on any atom is -0.478 e. The quantitative estimate of drug-likeness (QED) is 0.124. The van der Waals surface area contributed by atoms with E-state index in [4.69, 9.17) is 0 Å². The van der Waals surface area contributed by atoms with Gasteiger partial charge in [-0.3, -0.25) is 0 Å². The highest BCUT2D eigenvalue weighted by Gasteiger charge is 2.44. The van der Waals surface area contributed by atoms with Crippen LogP contribution in [0, 0.1) is 0 Å². The maximum absolute atomic E-state index is 15.3. The molecular formula is C51H24F18O6. The van der Waals surface area contributed by atoms with Crippen LogP contribution in [0.1, 0.15) is 64.5 Å². The van der Waals surface area contributed by atoms with Gasteiger partial charge in [0.15, 0.2) is 0 Å². The van der Waals surface area contributed by atoms with Gasteiger partial charge in [-0.1, -0.05) is 36.4 Å². The number of carboxylic acids is 3. The molecular weight excluding hydrogens is 1050 g/mol. The summed E-state index contributed by atoms with van der Waals surface area (Å²) in [6.07, 6.45) is -34.7. The lowest BCUT2D eigenvalue weighted by Crippen LogP contribution is -2.14. The van der Waals surface area contributed by atoms with Crippen molar-refractivity contribution in [2.75, 3.05) is 0 Å². The Morgan fingerprint density at radius 3 is 0.520 bits per heavy atom. The molecule has 3 N–H and O–H groups in total. The Balaban J connectivity index is 1.67. The number of benzene rings is 7. The molecule has 0 heterocycles. The molecule has 0 aliphatic carbocycles. The van der Waals surface area contributed by atoms with Crippen LogP contribution < -0.4 is 0 Å². The van der Waals surface area contributed by atoms with Crippen LogP contribution in [0.2, 0.25) is 0 Å². The van der Waals surface area contributed by atoms with E-state index in [2.05, 4.69) is 0 Å². The van der Waals surface area contributed by atoms with E-state index in [1.54, 1.807) is 0 Å². The lowest BCUT2D eigenvalue weighted by Gasteiger charge is -2.24. The van der Waals surface area contributed by atoms with Gasteiger partial charge >= 0.3 is 55.0 Å². The third-order valence-corrected chi connectivity index (χ3v) is 11.5. The molecule has 0 radical (unpaired) electrons. The second-order valence-corrected chi connectivity index (χ2v) is 16.3. The van der Waals surface area contributed by atoms with E-state index in [1.165, 1.54) is 0 Å². The molecule has 0 spiro atoms. The molecule has 0 unspecified atom stereocenters. The zero-order valence-corrected chi connectivity index (χ0v) is 36.5. The van der Waals surface area contributed by atoms with Gasteiger partial charge in [0.1, 0.15) is 0 Å². The lowest BCUT2D eigenvalue weighted by molar-refractivity contribution is -0.140. The van der Waals surface area contributed by atoms with E-state index in [9.17, 15) is 29.7 Å². The first kappa shape index (κ1) is 54.5. The summed E-state index contributed by atoms with van der Waals surface area (Å²) in [5.74, 6) is -4.88. The van der Waals surface area contributed by atoms with E-state index in [0.29, 0.717) is 72.8 Å². The molecule has 0 saturated carbocycles. The third-order valence-electron chi connectivity index (χ3n) is 11.5. The summed E-state index contributed by atoms with van der Waals surface area (Å²) in [7, 11) is 0. The zero-order chi connectivity index (χ0) is 55.7. The SMILES string of the molecule is O=C(O)c1ccc(-c2cc(C(F)(F)F)c(-c3cc(-c4cc(C(F)(F)F)c(-c5ccc(C(=O)O)cc5)cc4C(F)(F)F)cc(-c4cc(C(F)(F)F)c(-c5ccc(C(=O)O)cc5)cc4C(F)(F)F)c3)cc2C(F)(F)F)cc1. The van der Waals surface area contributed by atoms with Crippen molar-refractivity contribution in [1.29, 1.82) is 0 Å². The second-order valence-electron chi connectivity index (χ2n) is 16.3.